The normalized spacial score (nSPS) is 14.5. The van der Waals surface area contributed by atoms with E-state index in [-0.39, 0.29) is 24.7 Å². The molecule has 2 unspecified atom stereocenters. The molecule has 17 heavy (non-hydrogen) atoms. The van der Waals surface area contributed by atoms with Crippen LogP contribution >= 0.6 is 0 Å². The topological polar surface area (TPSA) is 61.4 Å². The molecule has 102 valence electrons. The van der Waals surface area contributed by atoms with Gasteiger partial charge in [-0.15, -0.1) is 0 Å². The molecule has 0 saturated heterocycles. The average molecular weight is 244 g/mol. The van der Waals surface area contributed by atoms with Gasteiger partial charge in [-0.05, 0) is 38.5 Å². The van der Waals surface area contributed by atoms with E-state index >= 15 is 0 Å². The van der Waals surface area contributed by atoms with Crippen LogP contribution in [0.4, 0.5) is 4.79 Å². The Labute approximate surface area is 105 Å². The van der Waals surface area contributed by atoms with Crippen molar-refractivity contribution in [3.05, 3.63) is 0 Å². The maximum atomic E-state index is 11.6. The minimum absolute atomic E-state index is 0.0669. The first kappa shape index (κ1) is 16.2. The molecule has 0 heterocycles. The maximum Gasteiger partial charge on any atom is 0.315 e. The first-order chi connectivity index (χ1) is 7.99. The Balaban J connectivity index is 3.83. The summed E-state index contributed by atoms with van der Waals surface area (Å²) in [6, 6.07) is 0.142. The molecule has 0 bridgehead atoms. The third-order valence-corrected chi connectivity index (χ3v) is 2.86. The monoisotopic (exact) mass is 244 g/mol. The summed E-state index contributed by atoms with van der Waals surface area (Å²) in [7, 11) is 0. The number of nitrogens with one attached hydrogen (secondary N) is 2. The molecule has 4 heteroatoms. The second-order valence-corrected chi connectivity index (χ2v) is 5.11. The highest BCUT2D eigenvalue weighted by Gasteiger charge is 2.12. The largest absolute Gasteiger partial charge is 0.396 e. The molecule has 0 aliphatic heterocycles. The molecule has 0 aromatic heterocycles. The van der Waals surface area contributed by atoms with Crippen LogP contribution in [0.3, 0.4) is 0 Å². The summed E-state index contributed by atoms with van der Waals surface area (Å²) in [6.07, 6.45) is 3.58. The first-order valence-corrected chi connectivity index (χ1v) is 6.67. The van der Waals surface area contributed by atoms with Crippen LogP contribution in [-0.4, -0.2) is 29.8 Å². The lowest BCUT2D eigenvalue weighted by Crippen LogP contribution is -2.45. The number of rotatable bonds is 8. The molecule has 3 N–H and O–H groups in total. The fourth-order valence-electron chi connectivity index (χ4n) is 1.64. The maximum absolute atomic E-state index is 11.6. The molecule has 0 aromatic carbocycles. The lowest BCUT2D eigenvalue weighted by Gasteiger charge is -2.19. The van der Waals surface area contributed by atoms with Gasteiger partial charge in [0, 0.05) is 18.7 Å². The Morgan fingerprint density at radius 3 is 2.24 bits per heavy atom. The predicted molar refractivity (Wildman–Crippen MR) is 71.0 cm³/mol. The van der Waals surface area contributed by atoms with E-state index in [1.54, 1.807) is 0 Å². The molecule has 2 amide bonds. The van der Waals surface area contributed by atoms with Crippen molar-refractivity contribution >= 4 is 6.03 Å². The van der Waals surface area contributed by atoms with Crippen LogP contribution in [0, 0.1) is 5.92 Å². The zero-order valence-corrected chi connectivity index (χ0v) is 11.6. The molecule has 2 atom stereocenters. The lowest BCUT2D eigenvalue weighted by atomic mass is 10.0. The minimum Gasteiger partial charge on any atom is -0.396 e. The van der Waals surface area contributed by atoms with Gasteiger partial charge in [-0.2, -0.15) is 0 Å². The van der Waals surface area contributed by atoms with Crippen LogP contribution in [0.1, 0.15) is 53.4 Å². The summed E-state index contributed by atoms with van der Waals surface area (Å²) in [6.45, 7) is 8.50. The number of hydrogen-bond donors (Lipinski definition) is 3. The van der Waals surface area contributed by atoms with Gasteiger partial charge in [0.05, 0.1) is 0 Å². The fourth-order valence-corrected chi connectivity index (χ4v) is 1.64. The number of aliphatic hydroxyl groups is 1. The quantitative estimate of drug-likeness (QED) is 0.613. The van der Waals surface area contributed by atoms with Crippen molar-refractivity contribution in [3.63, 3.8) is 0 Å². The van der Waals surface area contributed by atoms with E-state index in [0.717, 1.165) is 19.3 Å². The Bertz CT molecular complexity index is 208. The summed E-state index contributed by atoms with van der Waals surface area (Å²) in [5, 5.41) is 14.6. The number of carbonyl (C=O) groups excluding carboxylic acids is 1. The van der Waals surface area contributed by atoms with E-state index in [4.69, 9.17) is 5.11 Å². The number of amides is 2. The van der Waals surface area contributed by atoms with Crippen LogP contribution in [0.2, 0.25) is 0 Å². The summed E-state index contributed by atoms with van der Waals surface area (Å²) in [4.78, 5) is 11.6. The van der Waals surface area contributed by atoms with E-state index in [2.05, 4.69) is 24.5 Å². The third-order valence-electron chi connectivity index (χ3n) is 2.86. The highest BCUT2D eigenvalue weighted by atomic mass is 16.3. The lowest BCUT2D eigenvalue weighted by molar-refractivity contribution is 0.224. The molecule has 0 aromatic rings. The molecule has 0 radical (unpaired) electrons. The van der Waals surface area contributed by atoms with Crippen LogP contribution in [0.25, 0.3) is 0 Å². The van der Waals surface area contributed by atoms with Gasteiger partial charge < -0.3 is 15.7 Å². The zero-order valence-electron chi connectivity index (χ0n) is 11.6. The number of carbonyl (C=O) groups is 1. The van der Waals surface area contributed by atoms with Crippen molar-refractivity contribution in [2.45, 2.75) is 65.5 Å². The number of urea groups is 1. The molecule has 0 fully saturated rings. The molecule has 0 saturated carbocycles. The number of hydrogen-bond acceptors (Lipinski definition) is 2. The van der Waals surface area contributed by atoms with E-state index in [9.17, 15) is 4.79 Å². The highest BCUT2D eigenvalue weighted by molar-refractivity contribution is 5.74. The Hall–Kier alpha value is -0.770. The second-order valence-electron chi connectivity index (χ2n) is 5.11. The van der Waals surface area contributed by atoms with Gasteiger partial charge >= 0.3 is 6.03 Å². The standard InChI is InChI=1S/C13H28N2O2/c1-5-12(8-9-16)15-13(17)14-11(4)7-6-10(2)3/h10-12,16H,5-9H2,1-4H3,(H2,14,15,17). The van der Waals surface area contributed by atoms with Gasteiger partial charge in [-0.1, -0.05) is 20.8 Å². The zero-order chi connectivity index (χ0) is 13.3. The molecule has 0 aliphatic rings. The molecule has 0 spiro atoms. The van der Waals surface area contributed by atoms with Crippen molar-refractivity contribution in [2.24, 2.45) is 5.92 Å². The predicted octanol–water partition coefficient (Wildman–Crippen LogP) is 2.27. The van der Waals surface area contributed by atoms with Crippen molar-refractivity contribution in [3.8, 4) is 0 Å². The fraction of sp³-hybridized carbons (Fsp3) is 0.923. The summed E-state index contributed by atoms with van der Waals surface area (Å²) in [5.74, 6) is 0.667. The number of aliphatic hydroxyl groups excluding tert-OH is 1. The molecule has 0 rings (SSSR count). The van der Waals surface area contributed by atoms with Crippen molar-refractivity contribution in [1.82, 2.24) is 10.6 Å². The Morgan fingerprint density at radius 2 is 1.76 bits per heavy atom. The second kappa shape index (κ2) is 9.28. The van der Waals surface area contributed by atoms with Crippen molar-refractivity contribution in [2.75, 3.05) is 6.61 Å². The van der Waals surface area contributed by atoms with Gasteiger partial charge in [-0.3, -0.25) is 0 Å². The highest BCUT2D eigenvalue weighted by Crippen LogP contribution is 2.06. The molecule has 0 aliphatic carbocycles. The van der Waals surface area contributed by atoms with Crippen LogP contribution in [0.5, 0.6) is 0 Å². The summed E-state index contributed by atoms with van der Waals surface area (Å²) >= 11 is 0. The van der Waals surface area contributed by atoms with Crippen molar-refractivity contribution in [1.29, 1.82) is 0 Å². The van der Waals surface area contributed by atoms with E-state index in [0.29, 0.717) is 12.3 Å². The van der Waals surface area contributed by atoms with Gasteiger partial charge in [0.1, 0.15) is 0 Å². The third kappa shape index (κ3) is 8.98. The molecular formula is C13H28N2O2. The Kier molecular flexibility index (Phi) is 8.86. The average Bonchev–Trinajstić information content (AvgIpc) is 2.25. The van der Waals surface area contributed by atoms with Gasteiger partial charge in [0.25, 0.3) is 0 Å². The minimum atomic E-state index is -0.124. The van der Waals surface area contributed by atoms with Gasteiger partial charge in [0.2, 0.25) is 0 Å². The van der Waals surface area contributed by atoms with E-state index in [1.807, 2.05) is 13.8 Å². The molecular weight excluding hydrogens is 216 g/mol. The summed E-state index contributed by atoms with van der Waals surface area (Å²) in [5.41, 5.74) is 0. The van der Waals surface area contributed by atoms with Crippen LogP contribution in [0.15, 0.2) is 0 Å². The first-order valence-electron chi connectivity index (χ1n) is 6.67. The van der Waals surface area contributed by atoms with Gasteiger partial charge in [0.15, 0.2) is 0 Å². The SMILES string of the molecule is CCC(CCO)NC(=O)NC(C)CCC(C)C. The van der Waals surface area contributed by atoms with Gasteiger partial charge in [-0.25, -0.2) is 4.79 Å². The van der Waals surface area contributed by atoms with E-state index < -0.39 is 0 Å². The van der Waals surface area contributed by atoms with Crippen LogP contribution < -0.4 is 10.6 Å². The smallest absolute Gasteiger partial charge is 0.315 e. The summed E-state index contributed by atoms with van der Waals surface area (Å²) < 4.78 is 0. The Morgan fingerprint density at radius 1 is 1.12 bits per heavy atom. The van der Waals surface area contributed by atoms with Crippen molar-refractivity contribution < 1.29 is 9.90 Å². The van der Waals surface area contributed by atoms with Crippen LogP contribution in [-0.2, 0) is 0 Å². The molecule has 4 nitrogen and oxygen atoms in total. The van der Waals surface area contributed by atoms with E-state index in [1.165, 1.54) is 0 Å².